The van der Waals surface area contributed by atoms with Crippen LogP contribution >= 0.6 is 0 Å². The summed E-state index contributed by atoms with van der Waals surface area (Å²) in [5.74, 6) is -3.30. The second-order valence-electron chi connectivity index (χ2n) is 14.8. The number of carbonyl (C=O) groups is 6. The molecule has 16 heteroatoms. The van der Waals surface area contributed by atoms with Crippen molar-refractivity contribution in [2.24, 2.45) is 28.7 Å². The summed E-state index contributed by atoms with van der Waals surface area (Å²) in [6.07, 6.45) is 15.8. The van der Waals surface area contributed by atoms with Crippen molar-refractivity contribution in [2.45, 2.75) is 160 Å². The number of nitrogens with one attached hydrogen (secondary N) is 5. The summed E-state index contributed by atoms with van der Waals surface area (Å²) in [7, 11) is 0. The predicted octanol–water partition coefficient (Wildman–Crippen LogP) is 2.32. The molecule has 1 rings (SSSR count). The van der Waals surface area contributed by atoms with Gasteiger partial charge < -0.3 is 55.3 Å². The fraction of sp³-hybridized carbons (Fsp3) is 0.707. The molecule has 0 radical (unpaired) electrons. The van der Waals surface area contributed by atoms with E-state index in [9.17, 15) is 28.8 Å². The molecule has 0 heterocycles. The zero-order valence-corrected chi connectivity index (χ0v) is 34.4. The minimum absolute atomic E-state index is 0.132. The van der Waals surface area contributed by atoms with E-state index in [-0.39, 0.29) is 56.8 Å². The standard InChI is InChI=1S/C41H74N10O6/c1-2-3-4-5-6-7-8-9-10-11-12-24-36(52)47-31-19-13-18-30(29-31)38(54)49-33(21-15-26-43)40(56)51-35(23-17-28-45)41(57)50-34(22-16-27-44)39(55)48-32(37(46)53)20-14-25-42/h13,18-19,29,32-35H,2-12,14-17,20-28,42-45H2,1H3,(H2,46,53)(H,47,52)(H,48,55)(H,49,54)(H,50,57)(H,51,56). The van der Waals surface area contributed by atoms with Crippen LogP contribution in [0.1, 0.15) is 146 Å². The zero-order valence-electron chi connectivity index (χ0n) is 34.4. The fourth-order valence-electron chi connectivity index (χ4n) is 6.35. The van der Waals surface area contributed by atoms with E-state index in [1.54, 1.807) is 24.3 Å². The van der Waals surface area contributed by atoms with Crippen molar-refractivity contribution in [3.05, 3.63) is 29.8 Å². The molecule has 0 saturated carbocycles. The topological polar surface area (TPSA) is 293 Å². The summed E-state index contributed by atoms with van der Waals surface area (Å²) in [6, 6.07) is 2.27. The van der Waals surface area contributed by atoms with Gasteiger partial charge in [-0.05, 0) is 102 Å². The Morgan fingerprint density at radius 2 is 0.930 bits per heavy atom. The number of unbranched alkanes of at least 4 members (excludes halogenated alkanes) is 10. The second kappa shape index (κ2) is 31.9. The molecule has 0 saturated heterocycles. The number of carbonyl (C=O) groups excluding carboxylic acids is 6. The molecule has 4 atom stereocenters. The van der Waals surface area contributed by atoms with Crippen LogP contribution in [-0.2, 0) is 24.0 Å². The van der Waals surface area contributed by atoms with Crippen LogP contribution in [0, 0.1) is 0 Å². The van der Waals surface area contributed by atoms with Crippen LogP contribution in [0.5, 0.6) is 0 Å². The Balaban J connectivity index is 2.89. The van der Waals surface area contributed by atoms with Crippen LogP contribution in [0.2, 0.25) is 0 Å². The molecular formula is C41H74N10O6. The summed E-state index contributed by atoms with van der Waals surface area (Å²) in [5.41, 5.74) is 28.9. The molecule has 0 aliphatic rings. The third-order valence-electron chi connectivity index (χ3n) is 9.75. The third-order valence-corrected chi connectivity index (χ3v) is 9.75. The van der Waals surface area contributed by atoms with Crippen molar-refractivity contribution in [1.82, 2.24) is 21.3 Å². The Bertz CT molecular complexity index is 1330. The Morgan fingerprint density at radius 1 is 0.526 bits per heavy atom. The Labute approximate surface area is 340 Å². The highest BCUT2D eigenvalue weighted by Gasteiger charge is 2.30. The van der Waals surface area contributed by atoms with Gasteiger partial charge in [-0.3, -0.25) is 28.8 Å². The van der Waals surface area contributed by atoms with Gasteiger partial charge in [0.15, 0.2) is 0 Å². The Morgan fingerprint density at radius 3 is 1.37 bits per heavy atom. The van der Waals surface area contributed by atoms with E-state index in [4.69, 9.17) is 28.7 Å². The highest BCUT2D eigenvalue weighted by molar-refractivity contribution is 6.00. The highest BCUT2D eigenvalue weighted by Crippen LogP contribution is 2.15. The van der Waals surface area contributed by atoms with Gasteiger partial charge in [-0.25, -0.2) is 0 Å². The molecule has 0 bridgehead atoms. The monoisotopic (exact) mass is 803 g/mol. The van der Waals surface area contributed by atoms with Crippen LogP contribution in [0.25, 0.3) is 0 Å². The number of anilines is 1. The van der Waals surface area contributed by atoms with Gasteiger partial charge in [-0.1, -0.05) is 77.2 Å². The van der Waals surface area contributed by atoms with Gasteiger partial charge >= 0.3 is 0 Å². The van der Waals surface area contributed by atoms with Crippen LogP contribution in [-0.4, -0.2) is 85.8 Å². The molecule has 57 heavy (non-hydrogen) atoms. The summed E-state index contributed by atoms with van der Waals surface area (Å²) in [5, 5.41) is 13.6. The van der Waals surface area contributed by atoms with Gasteiger partial charge in [-0.2, -0.15) is 0 Å². The molecule has 16 nitrogen and oxygen atoms in total. The zero-order chi connectivity index (χ0) is 42.3. The lowest BCUT2D eigenvalue weighted by atomic mass is 10.0. The minimum atomic E-state index is -1.10. The first-order chi connectivity index (χ1) is 27.5. The number of amides is 6. The van der Waals surface area contributed by atoms with Gasteiger partial charge in [0.2, 0.25) is 29.5 Å². The van der Waals surface area contributed by atoms with Crippen LogP contribution in [0.15, 0.2) is 24.3 Å². The molecule has 1 aromatic carbocycles. The first-order valence-electron chi connectivity index (χ1n) is 21.2. The normalized spacial score (nSPS) is 13.1. The van der Waals surface area contributed by atoms with Crippen molar-refractivity contribution >= 4 is 41.1 Å². The molecular weight excluding hydrogens is 729 g/mol. The maximum absolute atomic E-state index is 13.7. The Hall–Kier alpha value is -4.12. The van der Waals surface area contributed by atoms with Crippen molar-refractivity contribution in [3.63, 3.8) is 0 Å². The molecule has 6 amide bonds. The largest absolute Gasteiger partial charge is 0.368 e. The fourth-order valence-corrected chi connectivity index (χ4v) is 6.35. The van der Waals surface area contributed by atoms with Crippen LogP contribution < -0.4 is 55.3 Å². The number of rotatable bonds is 34. The first-order valence-corrected chi connectivity index (χ1v) is 21.2. The molecule has 4 unspecified atom stereocenters. The summed E-state index contributed by atoms with van der Waals surface area (Å²) >= 11 is 0. The lowest BCUT2D eigenvalue weighted by Gasteiger charge is -2.26. The highest BCUT2D eigenvalue weighted by atomic mass is 16.2. The number of primary amides is 1. The SMILES string of the molecule is CCCCCCCCCCCCCC(=O)Nc1cccc(C(=O)NC(CCCN)C(=O)NC(CCCN)C(=O)NC(CCCN)C(=O)NC(CCCN)C(N)=O)c1. The average molecular weight is 803 g/mol. The molecule has 0 fully saturated rings. The predicted molar refractivity (Wildman–Crippen MR) is 226 cm³/mol. The number of hydrogen-bond donors (Lipinski definition) is 10. The molecule has 0 aromatic heterocycles. The van der Waals surface area contributed by atoms with Gasteiger partial charge in [0.25, 0.3) is 5.91 Å². The Kier molecular flexibility index (Phi) is 28.5. The molecule has 0 spiro atoms. The third kappa shape index (κ3) is 23.0. The van der Waals surface area contributed by atoms with E-state index in [1.807, 2.05) is 0 Å². The van der Waals surface area contributed by atoms with Gasteiger partial charge in [0, 0.05) is 17.7 Å². The van der Waals surface area contributed by atoms with E-state index >= 15 is 0 Å². The van der Waals surface area contributed by atoms with E-state index < -0.39 is 53.7 Å². The van der Waals surface area contributed by atoms with E-state index in [0.717, 1.165) is 19.3 Å². The van der Waals surface area contributed by atoms with Gasteiger partial charge in [0.1, 0.15) is 24.2 Å². The van der Waals surface area contributed by atoms with Crippen LogP contribution in [0.3, 0.4) is 0 Å². The minimum Gasteiger partial charge on any atom is -0.368 e. The van der Waals surface area contributed by atoms with Crippen molar-refractivity contribution in [2.75, 3.05) is 31.5 Å². The number of benzene rings is 1. The van der Waals surface area contributed by atoms with E-state index in [0.29, 0.717) is 44.3 Å². The maximum Gasteiger partial charge on any atom is 0.252 e. The quantitative estimate of drug-likeness (QED) is 0.0454. The van der Waals surface area contributed by atoms with E-state index in [2.05, 4.69) is 33.5 Å². The maximum atomic E-state index is 13.7. The number of nitrogens with two attached hydrogens (primary N) is 5. The van der Waals surface area contributed by atoms with Crippen molar-refractivity contribution in [1.29, 1.82) is 0 Å². The smallest absolute Gasteiger partial charge is 0.252 e. The average Bonchev–Trinajstić information content (AvgIpc) is 3.19. The molecule has 15 N–H and O–H groups in total. The molecule has 324 valence electrons. The summed E-state index contributed by atoms with van der Waals surface area (Å²) < 4.78 is 0. The molecule has 0 aliphatic carbocycles. The van der Waals surface area contributed by atoms with Gasteiger partial charge in [-0.15, -0.1) is 0 Å². The molecule has 1 aromatic rings. The number of hydrogen-bond acceptors (Lipinski definition) is 10. The van der Waals surface area contributed by atoms with Crippen molar-refractivity contribution in [3.8, 4) is 0 Å². The second-order valence-corrected chi connectivity index (χ2v) is 14.8. The van der Waals surface area contributed by atoms with Gasteiger partial charge in [0.05, 0.1) is 0 Å². The first kappa shape index (κ1) is 50.9. The summed E-state index contributed by atoms with van der Waals surface area (Å²) in [6.45, 7) is 3.26. The lowest BCUT2D eigenvalue weighted by molar-refractivity contribution is -0.134. The lowest BCUT2D eigenvalue weighted by Crippen LogP contribution is -2.58. The summed E-state index contributed by atoms with van der Waals surface area (Å²) in [4.78, 5) is 78.6. The van der Waals surface area contributed by atoms with Crippen molar-refractivity contribution < 1.29 is 28.8 Å². The van der Waals surface area contributed by atoms with E-state index in [1.165, 1.54) is 51.4 Å². The molecule has 0 aliphatic heterocycles. The van der Waals surface area contributed by atoms with Crippen LogP contribution in [0.4, 0.5) is 5.69 Å².